The Labute approximate surface area is 124 Å². The number of nitrogens with zero attached hydrogens (tertiary/aromatic N) is 1. The first-order valence-corrected chi connectivity index (χ1v) is 7.81. The van der Waals surface area contributed by atoms with E-state index < -0.39 is 5.60 Å². The Morgan fingerprint density at radius 2 is 2.00 bits per heavy atom. The highest BCUT2D eigenvalue weighted by Gasteiger charge is 2.42. The van der Waals surface area contributed by atoms with Gasteiger partial charge in [-0.3, -0.25) is 0 Å². The van der Waals surface area contributed by atoms with Crippen LogP contribution in [0, 0.1) is 5.92 Å². The number of nitrogens with one attached hydrogen (secondary N) is 1. The van der Waals surface area contributed by atoms with Crippen molar-refractivity contribution >= 4 is 6.09 Å². The van der Waals surface area contributed by atoms with Gasteiger partial charge in [0.05, 0.1) is 0 Å². The molecule has 0 aliphatic carbocycles. The van der Waals surface area contributed by atoms with Gasteiger partial charge in [0.2, 0.25) is 0 Å². The molecule has 0 bridgehead atoms. The van der Waals surface area contributed by atoms with E-state index >= 15 is 0 Å². The molecule has 0 saturated carbocycles. The average molecular weight is 284 g/mol. The summed E-state index contributed by atoms with van der Waals surface area (Å²) in [6.45, 7) is 12.0. The second-order valence-corrected chi connectivity index (χ2v) is 7.57. The summed E-state index contributed by atoms with van der Waals surface area (Å²) in [6, 6.07) is 0. The minimum Gasteiger partial charge on any atom is -0.444 e. The van der Waals surface area contributed by atoms with Crippen molar-refractivity contribution in [3.63, 3.8) is 0 Å². The van der Waals surface area contributed by atoms with Crippen molar-refractivity contribution in [1.82, 2.24) is 10.2 Å². The Morgan fingerprint density at radius 1 is 1.35 bits per heavy atom. The van der Waals surface area contributed by atoms with Gasteiger partial charge >= 0.3 is 6.09 Å². The Morgan fingerprint density at radius 3 is 2.55 bits per heavy atom. The predicted octanol–water partition coefficient (Wildman–Crippen LogP) is 3.41. The Hall–Kier alpha value is -0.770. The van der Waals surface area contributed by atoms with Gasteiger partial charge in [-0.15, -0.1) is 0 Å². The first kappa shape index (κ1) is 17.3. The maximum absolute atomic E-state index is 12.3. The van der Waals surface area contributed by atoms with Crippen molar-refractivity contribution < 1.29 is 9.53 Å². The molecule has 4 heteroatoms. The normalized spacial score (nSPS) is 22.1. The van der Waals surface area contributed by atoms with E-state index in [1.54, 1.807) is 0 Å². The van der Waals surface area contributed by atoms with Crippen LogP contribution in [0.1, 0.15) is 60.3 Å². The minimum atomic E-state index is -0.419. The molecule has 1 unspecified atom stereocenters. The molecule has 1 aliphatic heterocycles. The summed E-state index contributed by atoms with van der Waals surface area (Å²) in [4.78, 5) is 14.2. The molecular formula is C16H32N2O2. The highest BCUT2D eigenvalue weighted by atomic mass is 16.6. The van der Waals surface area contributed by atoms with Gasteiger partial charge in [0.15, 0.2) is 0 Å². The van der Waals surface area contributed by atoms with Crippen LogP contribution in [-0.4, -0.2) is 42.3 Å². The summed E-state index contributed by atoms with van der Waals surface area (Å²) in [6.07, 6.45) is 4.54. The molecule has 20 heavy (non-hydrogen) atoms. The van der Waals surface area contributed by atoms with Gasteiger partial charge in [0.25, 0.3) is 0 Å². The van der Waals surface area contributed by atoms with Crippen LogP contribution in [0.5, 0.6) is 0 Å². The van der Waals surface area contributed by atoms with E-state index in [0.717, 1.165) is 19.5 Å². The fourth-order valence-corrected chi connectivity index (χ4v) is 2.95. The molecule has 1 fully saturated rings. The zero-order valence-electron chi connectivity index (χ0n) is 14.1. The van der Waals surface area contributed by atoms with E-state index in [1.807, 2.05) is 32.7 Å². The number of carbonyl (C=O) groups is 1. The largest absolute Gasteiger partial charge is 0.444 e. The van der Waals surface area contributed by atoms with Gasteiger partial charge in [-0.1, -0.05) is 6.42 Å². The molecule has 1 amide bonds. The molecule has 0 radical (unpaired) electrons. The first-order chi connectivity index (χ1) is 9.15. The number of likely N-dealkylation sites (tertiary alicyclic amines) is 1. The lowest BCUT2D eigenvalue weighted by molar-refractivity contribution is 0.0131. The molecule has 1 saturated heterocycles. The SMILES string of the molecule is CNCCCCC1CN(C(=O)OC(C)(C)C)C(C)(C)C1. The zero-order chi connectivity index (χ0) is 15.4. The van der Waals surface area contributed by atoms with Gasteiger partial charge in [-0.05, 0) is 73.4 Å². The van der Waals surface area contributed by atoms with Gasteiger partial charge in [-0.25, -0.2) is 4.79 Å². The summed E-state index contributed by atoms with van der Waals surface area (Å²) in [5.74, 6) is 0.606. The maximum atomic E-state index is 12.3. The van der Waals surface area contributed by atoms with Crippen LogP contribution >= 0.6 is 0 Å². The van der Waals surface area contributed by atoms with Gasteiger partial charge in [0.1, 0.15) is 5.60 Å². The Bertz CT molecular complexity index is 321. The number of rotatable bonds is 5. The molecule has 0 aromatic heterocycles. The maximum Gasteiger partial charge on any atom is 0.410 e. The molecule has 0 aromatic rings. The highest BCUT2D eigenvalue weighted by Crippen LogP contribution is 2.36. The average Bonchev–Trinajstić information content (AvgIpc) is 2.58. The highest BCUT2D eigenvalue weighted by molar-refractivity contribution is 5.69. The molecule has 1 aliphatic rings. The summed E-state index contributed by atoms with van der Waals surface area (Å²) in [5.41, 5.74) is -0.506. The quantitative estimate of drug-likeness (QED) is 0.787. The molecular weight excluding hydrogens is 252 g/mol. The van der Waals surface area contributed by atoms with E-state index in [9.17, 15) is 4.79 Å². The third-order valence-corrected chi connectivity index (χ3v) is 3.86. The Balaban J connectivity index is 2.50. The molecule has 0 spiro atoms. The van der Waals surface area contributed by atoms with E-state index in [4.69, 9.17) is 4.74 Å². The van der Waals surface area contributed by atoms with E-state index in [1.165, 1.54) is 19.3 Å². The molecule has 0 aromatic carbocycles. The smallest absolute Gasteiger partial charge is 0.410 e. The third kappa shape index (κ3) is 5.31. The summed E-state index contributed by atoms with van der Waals surface area (Å²) in [7, 11) is 1.99. The number of unbranched alkanes of at least 4 members (excludes halogenated alkanes) is 1. The number of hydrogen-bond donors (Lipinski definition) is 1. The Kier molecular flexibility index (Phi) is 5.87. The van der Waals surface area contributed by atoms with Gasteiger partial charge in [0, 0.05) is 12.1 Å². The topological polar surface area (TPSA) is 41.6 Å². The van der Waals surface area contributed by atoms with Crippen molar-refractivity contribution in [2.24, 2.45) is 5.92 Å². The second-order valence-electron chi connectivity index (χ2n) is 7.57. The summed E-state index contributed by atoms with van der Waals surface area (Å²) in [5, 5.41) is 3.18. The van der Waals surface area contributed by atoms with Crippen LogP contribution in [0.4, 0.5) is 4.79 Å². The molecule has 118 valence electrons. The lowest BCUT2D eigenvalue weighted by Gasteiger charge is -2.33. The molecule has 1 rings (SSSR count). The van der Waals surface area contributed by atoms with Crippen LogP contribution < -0.4 is 5.32 Å². The zero-order valence-corrected chi connectivity index (χ0v) is 14.1. The molecule has 1 N–H and O–H groups in total. The van der Waals surface area contributed by atoms with E-state index in [-0.39, 0.29) is 11.6 Å². The van der Waals surface area contributed by atoms with Crippen LogP contribution in [0.15, 0.2) is 0 Å². The minimum absolute atomic E-state index is 0.0873. The standard InChI is InChI=1S/C16H32N2O2/c1-15(2,3)20-14(19)18-12-13(11-16(18,4)5)9-7-8-10-17-6/h13,17H,7-12H2,1-6H3. The van der Waals surface area contributed by atoms with Gasteiger partial charge in [-0.2, -0.15) is 0 Å². The van der Waals surface area contributed by atoms with Crippen molar-refractivity contribution in [3.05, 3.63) is 0 Å². The van der Waals surface area contributed by atoms with Crippen molar-refractivity contribution in [3.8, 4) is 0 Å². The predicted molar refractivity (Wildman–Crippen MR) is 82.9 cm³/mol. The molecule has 1 atom stereocenters. The third-order valence-electron chi connectivity index (χ3n) is 3.86. The lowest BCUT2D eigenvalue weighted by Crippen LogP contribution is -2.45. The van der Waals surface area contributed by atoms with E-state index in [2.05, 4.69) is 19.2 Å². The van der Waals surface area contributed by atoms with Gasteiger partial charge < -0.3 is 15.0 Å². The number of hydrogen-bond acceptors (Lipinski definition) is 3. The van der Waals surface area contributed by atoms with Crippen molar-refractivity contribution in [2.45, 2.75) is 71.4 Å². The summed E-state index contributed by atoms with van der Waals surface area (Å²) >= 11 is 0. The number of amides is 1. The van der Waals surface area contributed by atoms with Crippen LogP contribution in [0.3, 0.4) is 0 Å². The number of carbonyl (C=O) groups excluding carboxylic acids is 1. The number of ether oxygens (including phenoxy) is 1. The van der Waals surface area contributed by atoms with Crippen molar-refractivity contribution in [2.75, 3.05) is 20.1 Å². The van der Waals surface area contributed by atoms with Crippen LogP contribution in [0.25, 0.3) is 0 Å². The summed E-state index contributed by atoms with van der Waals surface area (Å²) < 4.78 is 5.53. The second kappa shape index (κ2) is 6.79. The fourth-order valence-electron chi connectivity index (χ4n) is 2.95. The van der Waals surface area contributed by atoms with E-state index in [0.29, 0.717) is 5.92 Å². The molecule has 1 heterocycles. The van der Waals surface area contributed by atoms with Crippen LogP contribution in [-0.2, 0) is 4.74 Å². The lowest BCUT2D eigenvalue weighted by atomic mass is 9.93. The monoisotopic (exact) mass is 284 g/mol. The van der Waals surface area contributed by atoms with Crippen molar-refractivity contribution in [1.29, 1.82) is 0 Å². The van der Waals surface area contributed by atoms with Crippen LogP contribution in [0.2, 0.25) is 0 Å². The molecule has 4 nitrogen and oxygen atoms in total. The first-order valence-electron chi connectivity index (χ1n) is 7.81. The fraction of sp³-hybridized carbons (Fsp3) is 0.938.